The van der Waals surface area contributed by atoms with Crippen LogP contribution in [-0.2, 0) is 0 Å². The molecule has 0 fully saturated rings. The van der Waals surface area contributed by atoms with Gasteiger partial charge in [-0.05, 0) is 30.3 Å². The van der Waals surface area contributed by atoms with Crippen LogP contribution in [0.3, 0.4) is 0 Å². The molecule has 0 aliphatic heterocycles. The first-order valence-corrected chi connectivity index (χ1v) is 7.47. The molecule has 120 valence electrons. The standard InChI is InChI=1S/C15H10Cl2N6O/c16-9-3-4-11(17)10(6-9)12-20-14(18)23-15(21-12)22-13(24)8-2-1-5-19-7-8/h1-7H,(H3,18,20,21,22,23,24). The van der Waals surface area contributed by atoms with Crippen molar-refractivity contribution in [3.63, 3.8) is 0 Å². The summed E-state index contributed by atoms with van der Waals surface area (Å²) in [7, 11) is 0. The van der Waals surface area contributed by atoms with Gasteiger partial charge in [0.05, 0.1) is 10.6 Å². The average Bonchev–Trinajstić information content (AvgIpc) is 2.57. The minimum atomic E-state index is -0.420. The summed E-state index contributed by atoms with van der Waals surface area (Å²) in [5.74, 6) is -0.270. The van der Waals surface area contributed by atoms with Crippen molar-refractivity contribution >= 4 is 41.0 Å². The van der Waals surface area contributed by atoms with E-state index in [1.807, 2.05) is 0 Å². The van der Waals surface area contributed by atoms with Gasteiger partial charge in [-0.15, -0.1) is 0 Å². The second kappa shape index (κ2) is 6.77. The molecule has 0 saturated heterocycles. The Morgan fingerprint density at radius 1 is 1.12 bits per heavy atom. The molecule has 3 rings (SSSR count). The van der Waals surface area contributed by atoms with Gasteiger partial charge in [-0.2, -0.15) is 15.0 Å². The first kappa shape index (κ1) is 16.1. The van der Waals surface area contributed by atoms with E-state index in [9.17, 15) is 4.79 Å². The van der Waals surface area contributed by atoms with Gasteiger partial charge in [0, 0.05) is 23.0 Å². The molecule has 0 bridgehead atoms. The molecule has 1 amide bonds. The number of halogens is 2. The zero-order valence-corrected chi connectivity index (χ0v) is 13.6. The van der Waals surface area contributed by atoms with Gasteiger partial charge in [-0.1, -0.05) is 23.2 Å². The molecule has 1 aromatic carbocycles. The normalized spacial score (nSPS) is 10.4. The number of nitrogens with two attached hydrogens (primary N) is 1. The molecule has 3 aromatic rings. The maximum absolute atomic E-state index is 12.2. The first-order valence-electron chi connectivity index (χ1n) is 6.71. The molecule has 0 aliphatic carbocycles. The summed E-state index contributed by atoms with van der Waals surface area (Å²) >= 11 is 12.1. The van der Waals surface area contributed by atoms with Crippen molar-refractivity contribution in [2.45, 2.75) is 0 Å². The SMILES string of the molecule is Nc1nc(NC(=O)c2cccnc2)nc(-c2cc(Cl)ccc2Cl)n1. The van der Waals surface area contributed by atoms with Gasteiger partial charge in [0.25, 0.3) is 5.91 Å². The Labute approximate surface area is 146 Å². The lowest BCUT2D eigenvalue weighted by Crippen LogP contribution is -2.16. The molecule has 3 N–H and O–H groups in total. The number of amides is 1. The van der Waals surface area contributed by atoms with Crippen LogP contribution in [0.5, 0.6) is 0 Å². The number of anilines is 2. The zero-order chi connectivity index (χ0) is 17.1. The Morgan fingerprint density at radius 2 is 1.96 bits per heavy atom. The van der Waals surface area contributed by atoms with Gasteiger partial charge in [0.2, 0.25) is 11.9 Å². The van der Waals surface area contributed by atoms with Crippen molar-refractivity contribution in [1.29, 1.82) is 0 Å². The van der Waals surface area contributed by atoms with E-state index >= 15 is 0 Å². The van der Waals surface area contributed by atoms with Gasteiger partial charge < -0.3 is 5.73 Å². The Kier molecular flexibility index (Phi) is 4.54. The van der Waals surface area contributed by atoms with E-state index in [0.717, 1.165) is 0 Å². The molecule has 0 aliphatic rings. The van der Waals surface area contributed by atoms with Crippen LogP contribution in [0, 0.1) is 0 Å². The van der Waals surface area contributed by atoms with Crippen LogP contribution in [0.15, 0.2) is 42.7 Å². The fourth-order valence-corrected chi connectivity index (χ4v) is 2.28. The predicted molar refractivity (Wildman–Crippen MR) is 91.9 cm³/mol. The third-order valence-corrected chi connectivity index (χ3v) is 3.54. The summed E-state index contributed by atoms with van der Waals surface area (Å²) in [6.07, 6.45) is 2.99. The fourth-order valence-electron chi connectivity index (χ4n) is 1.91. The molecule has 24 heavy (non-hydrogen) atoms. The predicted octanol–water partition coefficient (Wildman–Crippen LogP) is 3.07. The number of carbonyl (C=O) groups is 1. The number of hydrogen-bond donors (Lipinski definition) is 2. The van der Waals surface area contributed by atoms with Crippen LogP contribution in [0.1, 0.15) is 10.4 Å². The topological polar surface area (TPSA) is 107 Å². The number of nitrogens with one attached hydrogen (secondary N) is 1. The molecule has 2 heterocycles. The summed E-state index contributed by atoms with van der Waals surface area (Å²) < 4.78 is 0. The monoisotopic (exact) mass is 360 g/mol. The van der Waals surface area contributed by atoms with Crippen molar-refractivity contribution in [2.75, 3.05) is 11.1 Å². The summed E-state index contributed by atoms with van der Waals surface area (Å²) in [6, 6.07) is 8.12. The number of nitrogens with zero attached hydrogens (tertiary/aromatic N) is 4. The molecule has 0 unspecified atom stereocenters. The van der Waals surface area contributed by atoms with Crippen molar-refractivity contribution in [3.8, 4) is 11.4 Å². The van der Waals surface area contributed by atoms with E-state index in [0.29, 0.717) is 21.2 Å². The lowest BCUT2D eigenvalue weighted by Gasteiger charge is -2.08. The Hall–Kier alpha value is -2.77. The van der Waals surface area contributed by atoms with Gasteiger partial charge in [0.15, 0.2) is 5.82 Å². The van der Waals surface area contributed by atoms with E-state index in [2.05, 4.69) is 25.3 Å². The maximum atomic E-state index is 12.2. The Morgan fingerprint density at radius 3 is 2.71 bits per heavy atom. The minimum Gasteiger partial charge on any atom is -0.368 e. The fraction of sp³-hybridized carbons (Fsp3) is 0. The largest absolute Gasteiger partial charge is 0.368 e. The molecule has 7 nitrogen and oxygen atoms in total. The smallest absolute Gasteiger partial charge is 0.259 e. The highest BCUT2D eigenvalue weighted by Crippen LogP contribution is 2.28. The van der Waals surface area contributed by atoms with Gasteiger partial charge >= 0.3 is 0 Å². The molecule has 2 aromatic heterocycles. The quantitative estimate of drug-likeness (QED) is 0.743. The number of hydrogen-bond acceptors (Lipinski definition) is 6. The molecule has 0 radical (unpaired) electrons. The molecule has 9 heteroatoms. The van der Waals surface area contributed by atoms with Crippen LogP contribution < -0.4 is 11.1 Å². The third kappa shape index (κ3) is 3.58. The number of aromatic nitrogens is 4. The average molecular weight is 361 g/mol. The van der Waals surface area contributed by atoms with Gasteiger partial charge in [0.1, 0.15) is 0 Å². The van der Waals surface area contributed by atoms with Crippen molar-refractivity contribution < 1.29 is 4.79 Å². The van der Waals surface area contributed by atoms with Crippen molar-refractivity contribution in [3.05, 3.63) is 58.3 Å². The minimum absolute atomic E-state index is 0.00222. The summed E-state index contributed by atoms with van der Waals surface area (Å²) in [5, 5.41) is 3.41. The van der Waals surface area contributed by atoms with E-state index < -0.39 is 5.91 Å². The third-order valence-electron chi connectivity index (χ3n) is 2.97. The van der Waals surface area contributed by atoms with Crippen LogP contribution in [0.4, 0.5) is 11.9 Å². The van der Waals surface area contributed by atoms with Crippen LogP contribution in [-0.4, -0.2) is 25.8 Å². The lowest BCUT2D eigenvalue weighted by atomic mass is 10.2. The van der Waals surface area contributed by atoms with Gasteiger partial charge in [-0.3, -0.25) is 15.1 Å². The summed E-state index contributed by atoms with van der Waals surface area (Å²) in [5.41, 5.74) is 6.54. The second-order valence-electron chi connectivity index (χ2n) is 4.66. The number of rotatable bonds is 3. The van der Waals surface area contributed by atoms with Crippen LogP contribution in [0.25, 0.3) is 11.4 Å². The van der Waals surface area contributed by atoms with E-state index in [1.54, 1.807) is 36.5 Å². The van der Waals surface area contributed by atoms with E-state index in [4.69, 9.17) is 28.9 Å². The van der Waals surface area contributed by atoms with E-state index in [1.165, 1.54) is 6.20 Å². The number of carbonyl (C=O) groups excluding carboxylic acids is 1. The molecular formula is C15H10Cl2N6O. The summed E-state index contributed by atoms with van der Waals surface area (Å²) in [6.45, 7) is 0. The second-order valence-corrected chi connectivity index (χ2v) is 5.50. The molecule has 0 saturated carbocycles. The highest BCUT2D eigenvalue weighted by molar-refractivity contribution is 6.35. The van der Waals surface area contributed by atoms with Crippen LogP contribution in [0.2, 0.25) is 10.0 Å². The highest BCUT2D eigenvalue weighted by atomic mass is 35.5. The van der Waals surface area contributed by atoms with Crippen LogP contribution >= 0.6 is 23.2 Å². The zero-order valence-electron chi connectivity index (χ0n) is 12.1. The first-order chi connectivity index (χ1) is 11.5. The maximum Gasteiger partial charge on any atom is 0.259 e. The Balaban J connectivity index is 1.95. The highest BCUT2D eigenvalue weighted by Gasteiger charge is 2.13. The molecule has 0 spiro atoms. The van der Waals surface area contributed by atoms with Crippen molar-refractivity contribution in [1.82, 2.24) is 19.9 Å². The molecular weight excluding hydrogens is 351 g/mol. The lowest BCUT2D eigenvalue weighted by molar-refractivity contribution is 0.102. The number of benzene rings is 1. The van der Waals surface area contributed by atoms with Crippen molar-refractivity contribution in [2.24, 2.45) is 0 Å². The molecule has 0 atom stereocenters. The van der Waals surface area contributed by atoms with E-state index in [-0.39, 0.29) is 17.7 Å². The summed E-state index contributed by atoms with van der Waals surface area (Å²) in [4.78, 5) is 28.1. The number of pyridine rings is 1. The Bertz CT molecular complexity index is 904. The van der Waals surface area contributed by atoms with Gasteiger partial charge in [-0.25, -0.2) is 0 Å². The number of nitrogen functional groups attached to an aromatic ring is 1.